The lowest BCUT2D eigenvalue weighted by atomic mass is 9.43. The summed E-state index contributed by atoms with van der Waals surface area (Å²) in [6.07, 6.45) is 0.840. The number of benzene rings is 1. The highest BCUT2D eigenvalue weighted by molar-refractivity contribution is 5.87. The maximum Gasteiger partial charge on any atom is 0.331 e. The van der Waals surface area contributed by atoms with Gasteiger partial charge in [-0.2, -0.15) is 0 Å². The van der Waals surface area contributed by atoms with Crippen molar-refractivity contribution in [2.24, 2.45) is 22.7 Å². The first kappa shape index (κ1) is 57.9. The minimum absolute atomic E-state index is 0.0868. The van der Waals surface area contributed by atoms with Crippen LogP contribution in [0.1, 0.15) is 125 Å². The molecule has 4 aliphatic heterocycles. The smallest absolute Gasteiger partial charge is 0.331 e. The first-order chi connectivity index (χ1) is 36.2. The maximum absolute atomic E-state index is 13.6. The lowest BCUT2D eigenvalue weighted by Crippen LogP contribution is -2.75. The molecular weight excluding hydrogens is 985 g/mol. The van der Waals surface area contributed by atoms with Gasteiger partial charge in [0.25, 0.3) is 0 Å². The van der Waals surface area contributed by atoms with Gasteiger partial charge in [-0.1, -0.05) is 55.8 Å². The van der Waals surface area contributed by atoms with Gasteiger partial charge < -0.3 is 76.9 Å². The fourth-order valence-electron chi connectivity index (χ4n) is 15.1. The van der Waals surface area contributed by atoms with Crippen LogP contribution in [0, 0.1) is 22.7 Å². The van der Waals surface area contributed by atoms with E-state index in [0.29, 0.717) is 57.8 Å². The van der Waals surface area contributed by atoms with Gasteiger partial charge in [0, 0.05) is 77.4 Å². The minimum Gasteiger partial charge on any atom is -0.458 e. The summed E-state index contributed by atoms with van der Waals surface area (Å²) in [6, 6.07) is 9.47. The largest absolute Gasteiger partial charge is 0.458 e. The molecule has 76 heavy (non-hydrogen) atoms. The van der Waals surface area contributed by atoms with E-state index in [1.54, 1.807) is 41.4 Å². The van der Waals surface area contributed by atoms with E-state index in [0.717, 1.165) is 11.1 Å². The van der Waals surface area contributed by atoms with Crippen molar-refractivity contribution in [3.63, 3.8) is 0 Å². The van der Waals surface area contributed by atoms with Crippen LogP contribution in [0.2, 0.25) is 0 Å². The molecule has 1 aromatic carbocycles. The lowest BCUT2D eigenvalue weighted by Gasteiger charge is -2.66. The van der Waals surface area contributed by atoms with Gasteiger partial charge in [-0.3, -0.25) is 4.79 Å². The Morgan fingerprint density at radius 2 is 1.16 bits per heavy atom. The van der Waals surface area contributed by atoms with Gasteiger partial charge in [-0.25, -0.2) is 4.79 Å². The van der Waals surface area contributed by atoms with E-state index in [1.807, 2.05) is 58.0 Å². The predicted octanol–water partition coefficient (Wildman–Crippen LogP) is 6.12. The molecule has 18 heteroatoms. The number of hydrogen-bond donors (Lipinski definition) is 3. The number of carbonyl (C=O) groups is 2. The van der Waals surface area contributed by atoms with E-state index in [4.69, 9.17) is 61.6 Å². The molecular formula is C58H86O18. The van der Waals surface area contributed by atoms with E-state index < -0.39 is 132 Å². The van der Waals surface area contributed by atoms with Crippen LogP contribution in [0.3, 0.4) is 0 Å². The third kappa shape index (κ3) is 10.8. The summed E-state index contributed by atoms with van der Waals surface area (Å²) in [5.74, 6) is -1.68. The molecule has 4 aliphatic carbocycles. The van der Waals surface area contributed by atoms with Crippen LogP contribution in [0.15, 0.2) is 48.1 Å². The number of ketones is 1. The van der Waals surface area contributed by atoms with Crippen LogP contribution >= 0.6 is 0 Å². The van der Waals surface area contributed by atoms with Crippen molar-refractivity contribution in [3.05, 3.63) is 53.6 Å². The van der Waals surface area contributed by atoms with Crippen LogP contribution < -0.4 is 0 Å². The van der Waals surface area contributed by atoms with Crippen LogP contribution in [0.4, 0.5) is 0 Å². The Balaban J connectivity index is 0.802. The fraction of sp³-hybridized carbons (Fsp3) is 0.793. The van der Waals surface area contributed by atoms with E-state index in [9.17, 15) is 24.9 Å². The number of hydrogen-bond acceptors (Lipinski definition) is 18. The first-order valence-corrected chi connectivity index (χ1v) is 27.8. The molecule has 0 amide bonds. The van der Waals surface area contributed by atoms with Crippen molar-refractivity contribution in [3.8, 4) is 0 Å². The Hall–Kier alpha value is -2.76. The molecule has 18 nitrogen and oxygen atoms in total. The molecule has 4 heterocycles. The van der Waals surface area contributed by atoms with E-state index >= 15 is 0 Å². The van der Waals surface area contributed by atoms with Crippen molar-refractivity contribution in [1.82, 2.24) is 0 Å². The molecule has 0 radical (unpaired) electrons. The number of carbonyl (C=O) groups excluding carboxylic acids is 2. The SMILES string of the molecule is CO[C@H]1C[C@H](O[C@@H]2[C@@H](C)O[C@@H](O[C@@H]3[C@@H](C)O[C@@H](O[C@H]4[C@@H](OC)C[C@H](O[C@H]5CC[C@@]6(C)C(=CC[C@]7(O)[C@@H]6C[C@@H](OC(=O)C=Cc6ccccc6)[C@]6(C)[C@H](C(C)=O)CC[C@@]67O)C5)O[C@@H]4C)C[C@H]3OC)C[C@H]2OC)O[C@H](C)[C@H]1O. The van der Waals surface area contributed by atoms with E-state index in [2.05, 4.69) is 13.0 Å². The van der Waals surface area contributed by atoms with Crippen LogP contribution in [-0.4, -0.2) is 177 Å². The molecule has 1 aromatic rings. The highest BCUT2D eigenvalue weighted by atomic mass is 16.8. The predicted molar refractivity (Wildman–Crippen MR) is 274 cm³/mol. The number of fused-ring (bicyclic) bond motifs is 5. The van der Waals surface area contributed by atoms with Crippen LogP contribution in [0.5, 0.6) is 0 Å². The molecule has 3 saturated carbocycles. The molecule has 4 saturated heterocycles. The van der Waals surface area contributed by atoms with Gasteiger partial charge in [0.05, 0.1) is 54.9 Å². The van der Waals surface area contributed by atoms with Gasteiger partial charge in [-0.15, -0.1) is 0 Å². The Morgan fingerprint density at radius 3 is 1.67 bits per heavy atom. The second-order valence-electron chi connectivity index (χ2n) is 23.5. The van der Waals surface area contributed by atoms with Crippen molar-refractivity contribution in [2.45, 2.75) is 241 Å². The summed E-state index contributed by atoms with van der Waals surface area (Å²) < 4.78 is 81.8. The van der Waals surface area contributed by atoms with Crippen molar-refractivity contribution in [2.75, 3.05) is 28.4 Å². The summed E-state index contributed by atoms with van der Waals surface area (Å²) in [7, 11) is 6.52. The number of rotatable bonds is 16. The summed E-state index contributed by atoms with van der Waals surface area (Å²) in [4.78, 5) is 26.9. The molecule has 426 valence electrons. The Morgan fingerprint density at radius 1 is 0.658 bits per heavy atom. The third-order valence-electron chi connectivity index (χ3n) is 19.4. The standard InChI is InChI=1S/C58H86O18/c1-31(59)39-21-24-58(63)56(39,7)45(73-46(60)18-17-36-15-13-12-14-16-36)30-44-55(6)22-20-38(25-37(55)19-23-57(44,58)62)72-47-27-41(65-9)52(33(3)69-47)75-49-29-43(67-11)54(35(5)71-49)76-50-28-42(66-10)53(34(4)70-50)74-48-26-40(64-8)51(61)32(2)68-48/h12-19,32-35,38-45,47-54,61-63H,20-30H2,1-11H3/t32-,33-,34-,35-,38+,39+,40+,41+,42-,43-,44-,45-,47+,48+,49+,50+,51-,52-,53-,54-,55+,56+,57+,58-/m1/s1. The molecule has 8 aliphatic rings. The Kier molecular flexibility index (Phi) is 17.8. The quantitative estimate of drug-likeness (QED) is 0.0966. The van der Waals surface area contributed by atoms with Gasteiger partial charge in [0.1, 0.15) is 47.5 Å². The highest BCUT2D eigenvalue weighted by Gasteiger charge is 2.77. The highest BCUT2D eigenvalue weighted by Crippen LogP contribution is 2.70. The number of Topliss-reactive ketones (excluding diaryl/α,β-unsaturated/α-hetero) is 1. The maximum atomic E-state index is 13.6. The molecule has 0 unspecified atom stereocenters. The van der Waals surface area contributed by atoms with Crippen LogP contribution in [-0.2, 0) is 71.2 Å². The third-order valence-corrected chi connectivity index (χ3v) is 19.4. The normalized spacial score (nSPS) is 47.6. The number of aliphatic hydroxyl groups excluding tert-OH is 1. The fourth-order valence-corrected chi connectivity index (χ4v) is 15.1. The number of esters is 1. The van der Waals surface area contributed by atoms with E-state index in [1.165, 1.54) is 13.0 Å². The average Bonchev–Trinajstić information content (AvgIpc) is 3.82. The zero-order chi connectivity index (χ0) is 54.5. The zero-order valence-electron chi connectivity index (χ0n) is 46.4. The van der Waals surface area contributed by atoms with Crippen molar-refractivity contribution < 1.29 is 86.5 Å². The van der Waals surface area contributed by atoms with E-state index in [-0.39, 0.29) is 36.9 Å². The van der Waals surface area contributed by atoms with Gasteiger partial charge in [-0.05, 0) is 96.6 Å². The lowest BCUT2D eigenvalue weighted by molar-refractivity contribution is -0.347. The average molecular weight is 1070 g/mol. The molecule has 7 fully saturated rings. The molecule has 0 spiro atoms. The topological polar surface area (TPSA) is 215 Å². The monoisotopic (exact) mass is 1070 g/mol. The zero-order valence-corrected chi connectivity index (χ0v) is 46.4. The summed E-state index contributed by atoms with van der Waals surface area (Å²) in [6.45, 7) is 13.1. The molecule has 24 atom stereocenters. The molecule has 3 N–H and O–H groups in total. The van der Waals surface area contributed by atoms with Crippen molar-refractivity contribution in [1.29, 1.82) is 0 Å². The van der Waals surface area contributed by atoms with Gasteiger partial charge in [0.15, 0.2) is 25.2 Å². The van der Waals surface area contributed by atoms with Gasteiger partial charge >= 0.3 is 5.97 Å². The molecule has 9 rings (SSSR count). The molecule has 0 bridgehead atoms. The molecule has 0 aromatic heterocycles. The first-order valence-electron chi connectivity index (χ1n) is 27.8. The second kappa shape index (κ2) is 23.4. The number of aliphatic hydroxyl groups is 3. The van der Waals surface area contributed by atoms with Crippen molar-refractivity contribution >= 4 is 17.8 Å². The Bertz CT molecular complexity index is 2210. The summed E-state index contributed by atoms with van der Waals surface area (Å²) in [5, 5.41) is 36.4. The minimum atomic E-state index is -1.68. The number of ether oxygens (including phenoxy) is 13. The Labute approximate surface area is 448 Å². The summed E-state index contributed by atoms with van der Waals surface area (Å²) >= 11 is 0. The van der Waals surface area contributed by atoms with Crippen LogP contribution in [0.25, 0.3) is 6.08 Å². The summed E-state index contributed by atoms with van der Waals surface area (Å²) in [5.41, 5.74) is -3.00. The second-order valence-corrected chi connectivity index (χ2v) is 23.5. The number of methoxy groups -OCH3 is 4. The van der Waals surface area contributed by atoms with Gasteiger partial charge in [0.2, 0.25) is 0 Å².